The first-order valence-corrected chi connectivity index (χ1v) is 15.1. The van der Waals surface area contributed by atoms with Gasteiger partial charge in [0.2, 0.25) is 11.8 Å². The number of nitrogens with one attached hydrogen (secondary N) is 1. The van der Waals surface area contributed by atoms with E-state index in [4.69, 9.17) is 0 Å². The van der Waals surface area contributed by atoms with Gasteiger partial charge in [0.15, 0.2) is 22.9 Å². The molecule has 4 aromatic heterocycles. The topological polar surface area (TPSA) is 127 Å². The number of ketones is 1. The molecule has 242 valence electrons. The van der Waals surface area contributed by atoms with Gasteiger partial charge in [-0.05, 0) is 81.3 Å². The Bertz CT molecular complexity index is 2150. The number of aryl methyl sites for hydroxylation is 3. The minimum Gasteiger partial charge on any atom is -0.337 e. The van der Waals surface area contributed by atoms with Crippen LogP contribution in [0, 0.1) is 26.2 Å². The summed E-state index contributed by atoms with van der Waals surface area (Å²) in [5.74, 6) is -0.754. The van der Waals surface area contributed by atoms with E-state index in [1.807, 2.05) is 51.2 Å². The molecule has 2 aliphatic rings. The maximum Gasteiger partial charge on any atom is 0.434 e. The van der Waals surface area contributed by atoms with Crippen molar-refractivity contribution in [1.29, 1.82) is 0 Å². The smallest absolute Gasteiger partial charge is 0.337 e. The highest BCUT2D eigenvalue weighted by Crippen LogP contribution is 2.59. The Kier molecular flexibility index (Phi) is 6.78. The summed E-state index contributed by atoms with van der Waals surface area (Å²) in [6.07, 6.45) is 0.514. The highest BCUT2D eigenvalue weighted by atomic mass is 19.4. The highest BCUT2D eigenvalue weighted by molar-refractivity contribution is 6.09. The molecule has 7 rings (SSSR count). The number of Topliss-reactive ketones (excluding diaryl/α,β-unsaturated/α-hetero) is 1. The SMILES string of the molecule is CC(=O)c1cn(CC(=O)N2[C@H](C(=O)Nc3nc(C(F)(F)F)cnc3C)C[C@@]3(C)C[C@@H]23)c2c(C)cc(-c3ccc4nc(C)nn4c3)cc12. The van der Waals surface area contributed by atoms with Crippen LogP contribution in [0.25, 0.3) is 27.7 Å². The highest BCUT2D eigenvalue weighted by Gasteiger charge is 2.64. The van der Waals surface area contributed by atoms with E-state index in [2.05, 4.69) is 25.4 Å². The molecule has 1 N–H and O–H groups in total. The number of carbonyl (C=O) groups is 3. The second kappa shape index (κ2) is 10.4. The van der Waals surface area contributed by atoms with Gasteiger partial charge in [-0.1, -0.05) is 6.92 Å². The fourth-order valence-corrected chi connectivity index (χ4v) is 6.88. The molecule has 0 unspecified atom stereocenters. The maximum absolute atomic E-state index is 14.0. The fraction of sp³-hybridized carbons (Fsp3) is 0.364. The number of benzene rings is 1. The molecular formula is C33H31F3N8O3. The van der Waals surface area contributed by atoms with Crippen molar-refractivity contribution in [2.75, 3.05) is 5.32 Å². The molecule has 1 aromatic carbocycles. The zero-order chi connectivity index (χ0) is 33.6. The quantitative estimate of drug-likeness (QED) is 0.249. The van der Waals surface area contributed by atoms with E-state index < -0.39 is 23.8 Å². The average molecular weight is 645 g/mol. The Morgan fingerprint density at radius 3 is 2.53 bits per heavy atom. The first kappa shape index (κ1) is 30.5. The third-order valence-electron chi connectivity index (χ3n) is 9.33. The zero-order valence-electron chi connectivity index (χ0n) is 26.3. The van der Waals surface area contributed by atoms with Crippen molar-refractivity contribution in [3.8, 4) is 11.1 Å². The summed E-state index contributed by atoms with van der Waals surface area (Å²) in [5, 5.41) is 7.59. The molecule has 47 heavy (non-hydrogen) atoms. The van der Waals surface area contributed by atoms with Crippen LogP contribution in [-0.2, 0) is 22.3 Å². The summed E-state index contributed by atoms with van der Waals surface area (Å²) in [6.45, 7) is 8.51. The summed E-state index contributed by atoms with van der Waals surface area (Å²) in [6, 6.07) is 6.64. The minimum absolute atomic E-state index is 0.125. The number of amides is 2. The van der Waals surface area contributed by atoms with Crippen LogP contribution in [0.15, 0.2) is 42.9 Å². The maximum atomic E-state index is 14.0. The van der Waals surface area contributed by atoms with Crippen LogP contribution >= 0.6 is 0 Å². The van der Waals surface area contributed by atoms with E-state index in [9.17, 15) is 27.6 Å². The molecule has 1 aliphatic heterocycles. The third kappa shape index (κ3) is 5.21. The molecule has 5 heterocycles. The van der Waals surface area contributed by atoms with Gasteiger partial charge in [0.1, 0.15) is 18.4 Å². The molecule has 14 heteroatoms. The van der Waals surface area contributed by atoms with E-state index in [1.54, 1.807) is 20.2 Å². The molecule has 0 spiro atoms. The second-order valence-corrected chi connectivity index (χ2v) is 12.9. The lowest BCUT2D eigenvalue weighted by Gasteiger charge is -2.27. The number of anilines is 1. The molecule has 0 radical (unpaired) electrons. The monoisotopic (exact) mass is 644 g/mol. The van der Waals surface area contributed by atoms with Crippen molar-refractivity contribution in [3.63, 3.8) is 0 Å². The Morgan fingerprint density at radius 2 is 1.81 bits per heavy atom. The van der Waals surface area contributed by atoms with E-state index in [0.717, 1.165) is 27.9 Å². The van der Waals surface area contributed by atoms with Gasteiger partial charge in [-0.3, -0.25) is 19.4 Å². The van der Waals surface area contributed by atoms with E-state index in [0.29, 0.717) is 35.8 Å². The number of likely N-dealkylation sites (tertiary alicyclic amines) is 1. The average Bonchev–Trinajstić information content (AvgIpc) is 3.26. The first-order chi connectivity index (χ1) is 22.1. The van der Waals surface area contributed by atoms with E-state index >= 15 is 0 Å². The summed E-state index contributed by atoms with van der Waals surface area (Å²) in [7, 11) is 0. The summed E-state index contributed by atoms with van der Waals surface area (Å²) < 4.78 is 43.3. The van der Waals surface area contributed by atoms with E-state index in [1.165, 1.54) is 13.8 Å². The van der Waals surface area contributed by atoms with Gasteiger partial charge in [-0.15, -0.1) is 0 Å². The van der Waals surface area contributed by atoms with Gasteiger partial charge in [-0.2, -0.15) is 18.3 Å². The van der Waals surface area contributed by atoms with Crippen molar-refractivity contribution in [2.24, 2.45) is 5.41 Å². The van der Waals surface area contributed by atoms with Crippen molar-refractivity contribution < 1.29 is 27.6 Å². The Hall–Kier alpha value is -5.14. The normalized spacial score (nSPS) is 20.6. The summed E-state index contributed by atoms with van der Waals surface area (Å²) >= 11 is 0. The van der Waals surface area contributed by atoms with Crippen LogP contribution in [0.2, 0.25) is 0 Å². The molecule has 0 bridgehead atoms. The number of piperidine rings is 1. The van der Waals surface area contributed by atoms with Gasteiger partial charge in [0.25, 0.3) is 0 Å². The summed E-state index contributed by atoms with van der Waals surface area (Å²) in [4.78, 5) is 53.6. The van der Waals surface area contributed by atoms with Crippen LogP contribution < -0.4 is 5.32 Å². The number of nitrogens with zero attached hydrogens (tertiary/aromatic N) is 7. The van der Waals surface area contributed by atoms with Crippen LogP contribution in [0.1, 0.15) is 59.8 Å². The minimum atomic E-state index is -4.73. The number of rotatable bonds is 6. The van der Waals surface area contributed by atoms with Crippen molar-refractivity contribution in [2.45, 2.75) is 72.3 Å². The number of pyridine rings is 1. The van der Waals surface area contributed by atoms with Crippen molar-refractivity contribution in [1.82, 2.24) is 34.0 Å². The third-order valence-corrected chi connectivity index (χ3v) is 9.33. The number of aromatic nitrogens is 6. The molecule has 11 nitrogen and oxygen atoms in total. The van der Waals surface area contributed by atoms with Crippen LogP contribution in [-0.4, -0.2) is 63.7 Å². The van der Waals surface area contributed by atoms with Crippen molar-refractivity contribution >= 4 is 40.0 Å². The number of halogens is 3. The number of alkyl halides is 3. The predicted molar refractivity (Wildman–Crippen MR) is 166 cm³/mol. The molecule has 1 saturated heterocycles. The molecule has 1 aliphatic carbocycles. The second-order valence-electron chi connectivity index (χ2n) is 12.9. The van der Waals surface area contributed by atoms with Crippen LogP contribution in [0.3, 0.4) is 0 Å². The zero-order valence-corrected chi connectivity index (χ0v) is 26.3. The molecule has 2 fully saturated rings. The van der Waals surface area contributed by atoms with Gasteiger partial charge in [0.05, 0.1) is 17.4 Å². The Balaban J connectivity index is 1.19. The fourth-order valence-electron chi connectivity index (χ4n) is 6.88. The number of fused-ring (bicyclic) bond motifs is 3. The predicted octanol–water partition coefficient (Wildman–Crippen LogP) is 5.31. The van der Waals surface area contributed by atoms with Gasteiger partial charge in [-0.25, -0.2) is 14.5 Å². The number of hydrogen-bond acceptors (Lipinski definition) is 7. The Labute approximate surface area is 266 Å². The Morgan fingerprint density at radius 1 is 1.04 bits per heavy atom. The first-order valence-electron chi connectivity index (χ1n) is 15.1. The molecule has 1 saturated carbocycles. The molecule has 2 amide bonds. The number of hydrogen-bond donors (Lipinski definition) is 1. The standard InChI is InChI=1S/C33H31F3N8O3/c1-16-8-21(20-6-7-27-38-19(4)41-43(27)13-20)9-22-23(18(3)45)14-42(29(16)22)15-28(46)44-24(10-32(5)11-26(32)44)31(47)40-30-17(2)37-12-25(39-30)33(34,35)36/h6-9,12-14,24,26H,10-11,15H2,1-5H3,(H,39,40,47)/t24-,26+,32-/m0/s1. The molecule has 3 atom stereocenters. The lowest BCUT2D eigenvalue weighted by atomic mass is 9.99. The largest absolute Gasteiger partial charge is 0.434 e. The van der Waals surface area contributed by atoms with Gasteiger partial charge >= 0.3 is 6.18 Å². The molecular weight excluding hydrogens is 613 g/mol. The van der Waals surface area contributed by atoms with Crippen LogP contribution in [0.4, 0.5) is 19.0 Å². The van der Waals surface area contributed by atoms with Gasteiger partial charge < -0.3 is 14.8 Å². The molecule has 5 aromatic rings. The number of carbonyl (C=O) groups excluding carboxylic acids is 3. The van der Waals surface area contributed by atoms with Crippen LogP contribution in [0.5, 0.6) is 0 Å². The van der Waals surface area contributed by atoms with E-state index in [-0.39, 0.29) is 41.2 Å². The summed E-state index contributed by atoms with van der Waals surface area (Å²) in [5.41, 5.74) is 3.13. The van der Waals surface area contributed by atoms with Gasteiger partial charge in [0, 0.05) is 34.9 Å². The van der Waals surface area contributed by atoms with Crippen molar-refractivity contribution in [3.05, 3.63) is 71.2 Å². The lowest BCUT2D eigenvalue weighted by molar-refractivity contribution is -0.141. The lowest BCUT2D eigenvalue weighted by Crippen LogP contribution is -2.46.